The van der Waals surface area contributed by atoms with E-state index < -0.39 is 5.60 Å². The predicted molar refractivity (Wildman–Crippen MR) is 78.8 cm³/mol. The molecule has 3 N–H and O–H groups in total. The third kappa shape index (κ3) is 5.11. The van der Waals surface area contributed by atoms with Crippen LogP contribution in [0.25, 0.3) is 0 Å². The summed E-state index contributed by atoms with van der Waals surface area (Å²) in [6.07, 6.45) is 2.54. The number of aliphatic hydroxyl groups is 1. The lowest BCUT2D eigenvalue weighted by Crippen LogP contribution is -2.44. The number of amides is 2. The van der Waals surface area contributed by atoms with Crippen molar-refractivity contribution >= 4 is 17.4 Å². The van der Waals surface area contributed by atoms with Gasteiger partial charge in [-0.15, -0.1) is 11.3 Å². The van der Waals surface area contributed by atoms with Crippen LogP contribution in [0.4, 0.5) is 4.79 Å². The van der Waals surface area contributed by atoms with E-state index in [2.05, 4.69) is 10.6 Å². The molecule has 0 aromatic carbocycles. The predicted octanol–water partition coefficient (Wildman–Crippen LogP) is 1.68. The number of urea groups is 1. The number of hydrogen-bond acceptors (Lipinski definition) is 4. The van der Waals surface area contributed by atoms with Crippen molar-refractivity contribution in [2.75, 3.05) is 26.3 Å². The molecule has 1 fully saturated rings. The van der Waals surface area contributed by atoms with Gasteiger partial charge in [0.1, 0.15) is 5.60 Å². The molecule has 20 heavy (non-hydrogen) atoms. The van der Waals surface area contributed by atoms with Crippen molar-refractivity contribution in [3.05, 3.63) is 22.4 Å². The van der Waals surface area contributed by atoms with Gasteiger partial charge in [-0.2, -0.15) is 0 Å². The van der Waals surface area contributed by atoms with E-state index in [0.29, 0.717) is 13.2 Å². The van der Waals surface area contributed by atoms with Gasteiger partial charge in [-0.3, -0.25) is 0 Å². The molecule has 1 aliphatic carbocycles. The Balaban J connectivity index is 1.57. The Morgan fingerprint density at radius 2 is 2.35 bits per heavy atom. The molecule has 1 heterocycles. The Morgan fingerprint density at radius 1 is 1.55 bits per heavy atom. The van der Waals surface area contributed by atoms with Crippen LogP contribution in [-0.2, 0) is 10.3 Å². The van der Waals surface area contributed by atoms with Crippen LogP contribution >= 0.6 is 11.3 Å². The van der Waals surface area contributed by atoms with E-state index in [9.17, 15) is 9.90 Å². The van der Waals surface area contributed by atoms with Crippen molar-refractivity contribution < 1.29 is 14.6 Å². The van der Waals surface area contributed by atoms with E-state index in [1.54, 1.807) is 6.92 Å². The van der Waals surface area contributed by atoms with Crippen LogP contribution in [0.2, 0.25) is 0 Å². The lowest BCUT2D eigenvalue weighted by atomic mass is 10.1. The quantitative estimate of drug-likeness (QED) is 0.640. The highest BCUT2D eigenvalue weighted by atomic mass is 32.1. The summed E-state index contributed by atoms with van der Waals surface area (Å²) in [5.41, 5.74) is -1.03. The smallest absolute Gasteiger partial charge is 0.314 e. The molecule has 2 amide bonds. The van der Waals surface area contributed by atoms with Crippen molar-refractivity contribution in [1.82, 2.24) is 10.6 Å². The first-order valence-corrected chi connectivity index (χ1v) is 7.82. The first-order chi connectivity index (χ1) is 9.58. The maximum Gasteiger partial charge on any atom is 0.314 e. The van der Waals surface area contributed by atoms with E-state index in [4.69, 9.17) is 4.74 Å². The van der Waals surface area contributed by atoms with Crippen LogP contribution in [-0.4, -0.2) is 37.4 Å². The summed E-state index contributed by atoms with van der Waals surface area (Å²) in [6, 6.07) is 3.46. The Kier molecular flexibility index (Phi) is 5.39. The zero-order valence-corrected chi connectivity index (χ0v) is 12.5. The first kappa shape index (κ1) is 15.3. The van der Waals surface area contributed by atoms with Gasteiger partial charge < -0.3 is 20.5 Å². The standard InChI is InChI=1S/C14H22N2O3S/c1-14(18,12-3-2-8-20-12)10-16-13(17)15-6-7-19-9-11-4-5-11/h2-3,8,11,18H,4-7,9-10H2,1H3,(H2,15,16,17). The van der Waals surface area contributed by atoms with Crippen LogP contribution in [0.15, 0.2) is 17.5 Å². The molecule has 112 valence electrons. The number of rotatable bonds is 8. The number of ether oxygens (including phenoxy) is 1. The number of carbonyl (C=O) groups excluding carboxylic acids is 1. The summed E-state index contributed by atoms with van der Waals surface area (Å²) in [5.74, 6) is 0.740. The summed E-state index contributed by atoms with van der Waals surface area (Å²) in [6.45, 7) is 3.70. The summed E-state index contributed by atoms with van der Waals surface area (Å²) in [7, 11) is 0. The molecule has 1 unspecified atom stereocenters. The molecule has 0 radical (unpaired) electrons. The Bertz CT molecular complexity index is 416. The van der Waals surface area contributed by atoms with Gasteiger partial charge in [-0.05, 0) is 37.1 Å². The molecule has 1 aromatic rings. The van der Waals surface area contributed by atoms with Crippen molar-refractivity contribution in [2.24, 2.45) is 5.92 Å². The lowest BCUT2D eigenvalue weighted by Gasteiger charge is -2.22. The van der Waals surface area contributed by atoms with E-state index in [1.165, 1.54) is 24.2 Å². The van der Waals surface area contributed by atoms with Crippen molar-refractivity contribution in [3.63, 3.8) is 0 Å². The first-order valence-electron chi connectivity index (χ1n) is 6.94. The molecule has 1 atom stereocenters. The minimum absolute atomic E-state index is 0.183. The summed E-state index contributed by atoms with van der Waals surface area (Å²) in [5, 5.41) is 17.5. The molecule has 5 nitrogen and oxygen atoms in total. The zero-order valence-electron chi connectivity index (χ0n) is 11.7. The van der Waals surface area contributed by atoms with Crippen LogP contribution in [0.1, 0.15) is 24.6 Å². The highest BCUT2D eigenvalue weighted by Crippen LogP contribution is 2.28. The van der Waals surface area contributed by atoms with E-state index in [-0.39, 0.29) is 12.6 Å². The lowest BCUT2D eigenvalue weighted by molar-refractivity contribution is 0.0629. The maximum absolute atomic E-state index is 11.6. The van der Waals surface area contributed by atoms with Gasteiger partial charge in [0.05, 0.1) is 13.2 Å². The Hall–Kier alpha value is -1.11. The fraction of sp³-hybridized carbons (Fsp3) is 0.643. The topological polar surface area (TPSA) is 70.6 Å². The average molecular weight is 298 g/mol. The molecule has 2 rings (SSSR count). The molecular weight excluding hydrogens is 276 g/mol. The fourth-order valence-electron chi connectivity index (χ4n) is 1.76. The van der Waals surface area contributed by atoms with Crippen LogP contribution in [0.3, 0.4) is 0 Å². The zero-order chi connectivity index (χ0) is 14.4. The Labute approximate surface area is 123 Å². The molecule has 1 aliphatic rings. The highest BCUT2D eigenvalue weighted by Gasteiger charge is 2.24. The number of hydrogen-bond donors (Lipinski definition) is 3. The number of nitrogens with one attached hydrogen (secondary N) is 2. The molecule has 1 aromatic heterocycles. The van der Waals surface area contributed by atoms with Gasteiger partial charge in [-0.1, -0.05) is 6.07 Å². The number of carbonyl (C=O) groups is 1. The van der Waals surface area contributed by atoms with Gasteiger partial charge in [0.25, 0.3) is 0 Å². The monoisotopic (exact) mass is 298 g/mol. The second kappa shape index (κ2) is 7.06. The van der Waals surface area contributed by atoms with E-state index in [1.807, 2.05) is 17.5 Å². The molecule has 1 saturated carbocycles. The number of thiophene rings is 1. The second-order valence-corrected chi connectivity index (χ2v) is 6.33. The molecule has 0 aliphatic heterocycles. The van der Waals surface area contributed by atoms with Gasteiger partial charge in [-0.25, -0.2) is 4.79 Å². The Morgan fingerprint density at radius 3 is 3.00 bits per heavy atom. The SMILES string of the molecule is CC(O)(CNC(=O)NCCOCC1CC1)c1cccs1. The third-order valence-electron chi connectivity index (χ3n) is 3.23. The molecule has 0 saturated heterocycles. The van der Waals surface area contributed by atoms with Crippen LogP contribution in [0.5, 0.6) is 0 Å². The minimum atomic E-state index is -1.03. The van der Waals surface area contributed by atoms with Gasteiger partial charge in [0, 0.05) is 18.0 Å². The van der Waals surface area contributed by atoms with E-state index >= 15 is 0 Å². The molecule has 0 spiro atoms. The highest BCUT2D eigenvalue weighted by molar-refractivity contribution is 7.10. The summed E-state index contributed by atoms with van der Waals surface area (Å²) < 4.78 is 5.42. The fourth-order valence-corrected chi connectivity index (χ4v) is 2.55. The molecule has 0 bridgehead atoms. The summed E-state index contributed by atoms with van der Waals surface area (Å²) >= 11 is 1.47. The van der Waals surface area contributed by atoms with Crippen molar-refractivity contribution in [2.45, 2.75) is 25.4 Å². The van der Waals surface area contributed by atoms with Crippen LogP contribution in [0, 0.1) is 5.92 Å². The van der Waals surface area contributed by atoms with E-state index in [0.717, 1.165) is 17.4 Å². The van der Waals surface area contributed by atoms with Crippen LogP contribution < -0.4 is 10.6 Å². The average Bonchev–Trinajstić information content (AvgIpc) is 3.06. The minimum Gasteiger partial charge on any atom is -0.383 e. The second-order valence-electron chi connectivity index (χ2n) is 5.38. The van der Waals surface area contributed by atoms with Crippen molar-refractivity contribution in [1.29, 1.82) is 0 Å². The maximum atomic E-state index is 11.6. The van der Waals surface area contributed by atoms with Gasteiger partial charge in [0.15, 0.2) is 0 Å². The largest absolute Gasteiger partial charge is 0.383 e. The molecule has 6 heteroatoms. The third-order valence-corrected chi connectivity index (χ3v) is 4.35. The molecular formula is C14H22N2O3S. The summed E-state index contributed by atoms with van der Waals surface area (Å²) in [4.78, 5) is 12.4. The van der Waals surface area contributed by atoms with Gasteiger partial charge >= 0.3 is 6.03 Å². The van der Waals surface area contributed by atoms with Crippen molar-refractivity contribution in [3.8, 4) is 0 Å². The van der Waals surface area contributed by atoms with Gasteiger partial charge in [0.2, 0.25) is 0 Å². The normalized spacial score (nSPS) is 17.5.